The molecule has 0 saturated carbocycles. The minimum absolute atomic E-state index is 0. The molecule has 0 bridgehead atoms. The predicted molar refractivity (Wildman–Crippen MR) is 48.8 cm³/mol. The van der Waals surface area contributed by atoms with E-state index in [4.69, 9.17) is 0 Å². The number of carboxylic acid groups (broad SMARTS) is 1. The largest absolute Gasteiger partial charge is 1.00 e. The maximum absolute atomic E-state index is 10.4. The first-order valence-electron chi connectivity index (χ1n) is 4.28. The number of carboxylic acids is 1. The fourth-order valence-electron chi connectivity index (χ4n) is 1.17. The Bertz CT molecular complexity index is 510. The molecular formula is C10H7LiN2O3. The normalized spacial score (nSPS) is 9.56. The van der Waals surface area contributed by atoms with Crippen LogP contribution in [0.5, 0.6) is 0 Å². The molecule has 0 saturated heterocycles. The number of rotatable bonds is 2. The first-order chi connectivity index (χ1) is 7.16. The average Bonchev–Trinajstić information content (AvgIpc) is 2.66. The summed E-state index contributed by atoms with van der Waals surface area (Å²) in [6.07, 6.45) is 1.62. The molecule has 0 fully saturated rings. The van der Waals surface area contributed by atoms with Gasteiger partial charge in [-0.1, -0.05) is 5.16 Å². The van der Waals surface area contributed by atoms with E-state index >= 15 is 0 Å². The number of aromatic carboxylic acids is 1. The van der Waals surface area contributed by atoms with Crippen molar-refractivity contribution in [3.05, 3.63) is 35.7 Å². The fourth-order valence-corrected chi connectivity index (χ4v) is 1.17. The second-order valence-corrected chi connectivity index (χ2v) is 3.08. The molecule has 0 atom stereocenters. The van der Waals surface area contributed by atoms with Crippen molar-refractivity contribution in [3.63, 3.8) is 0 Å². The van der Waals surface area contributed by atoms with Gasteiger partial charge in [0.15, 0.2) is 5.76 Å². The van der Waals surface area contributed by atoms with Crippen molar-refractivity contribution < 1.29 is 33.3 Å². The first-order valence-corrected chi connectivity index (χ1v) is 4.28. The molecule has 0 radical (unpaired) electrons. The Hall–Kier alpha value is -1.57. The number of hydrogen-bond acceptors (Lipinski definition) is 5. The van der Waals surface area contributed by atoms with Crippen LogP contribution in [-0.2, 0) is 0 Å². The van der Waals surface area contributed by atoms with Crippen LogP contribution in [0.1, 0.15) is 16.1 Å². The van der Waals surface area contributed by atoms with E-state index in [1.807, 2.05) is 13.0 Å². The molecule has 6 heteroatoms. The van der Waals surface area contributed by atoms with Crippen LogP contribution >= 0.6 is 0 Å². The van der Waals surface area contributed by atoms with Crippen molar-refractivity contribution in [2.75, 3.05) is 0 Å². The van der Waals surface area contributed by atoms with Crippen molar-refractivity contribution in [2.24, 2.45) is 0 Å². The minimum atomic E-state index is -1.39. The molecule has 2 aromatic heterocycles. The Morgan fingerprint density at radius 3 is 2.69 bits per heavy atom. The van der Waals surface area contributed by atoms with E-state index in [2.05, 4.69) is 14.7 Å². The van der Waals surface area contributed by atoms with Gasteiger partial charge in [0.25, 0.3) is 0 Å². The Labute approximate surface area is 104 Å². The molecule has 0 spiro atoms. The maximum Gasteiger partial charge on any atom is 1.00 e. The SMILES string of the molecule is Cc1ccnc(-c2cc(C(=O)[O-])on2)c1.[Li+]. The summed E-state index contributed by atoms with van der Waals surface area (Å²) in [6.45, 7) is 1.91. The van der Waals surface area contributed by atoms with E-state index in [9.17, 15) is 9.90 Å². The zero-order chi connectivity index (χ0) is 10.8. The molecule has 2 rings (SSSR count). The van der Waals surface area contributed by atoms with Crippen LogP contribution in [0.25, 0.3) is 11.4 Å². The molecule has 0 amide bonds. The monoisotopic (exact) mass is 210 g/mol. The molecule has 2 aromatic rings. The molecule has 0 aliphatic rings. The molecule has 0 unspecified atom stereocenters. The summed E-state index contributed by atoms with van der Waals surface area (Å²) in [5.74, 6) is -1.69. The topological polar surface area (TPSA) is 79.0 Å². The second-order valence-electron chi connectivity index (χ2n) is 3.08. The summed E-state index contributed by atoms with van der Waals surface area (Å²) in [6, 6.07) is 4.91. The van der Waals surface area contributed by atoms with Gasteiger partial charge in [0, 0.05) is 12.3 Å². The quantitative estimate of drug-likeness (QED) is 0.508. The number of pyridine rings is 1. The Morgan fingerprint density at radius 2 is 2.12 bits per heavy atom. The smallest absolute Gasteiger partial charge is 0.541 e. The number of nitrogens with zero attached hydrogens (tertiary/aromatic N) is 2. The average molecular weight is 210 g/mol. The Morgan fingerprint density at radius 1 is 1.38 bits per heavy atom. The van der Waals surface area contributed by atoms with Crippen LogP contribution < -0.4 is 24.0 Å². The van der Waals surface area contributed by atoms with Gasteiger partial charge in [0.05, 0.1) is 5.69 Å². The van der Waals surface area contributed by atoms with E-state index in [0.29, 0.717) is 11.4 Å². The molecule has 5 nitrogen and oxygen atoms in total. The zero-order valence-electron chi connectivity index (χ0n) is 8.93. The Kier molecular flexibility index (Phi) is 3.88. The van der Waals surface area contributed by atoms with Crippen LogP contribution in [0.2, 0.25) is 0 Å². The van der Waals surface area contributed by atoms with Gasteiger partial charge in [0.1, 0.15) is 11.7 Å². The van der Waals surface area contributed by atoms with Gasteiger partial charge in [-0.3, -0.25) is 4.98 Å². The van der Waals surface area contributed by atoms with E-state index in [-0.39, 0.29) is 24.6 Å². The molecule has 2 heterocycles. The summed E-state index contributed by atoms with van der Waals surface area (Å²) in [7, 11) is 0. The predicted octanol–water partition coefficient (Wildman–Crippen LogP) is -2.59. The molecule has 0 aromatic carbocycles. The van der Waals surface area contributed by atoms with Gasteiger partial charge < -0.3 is 14.4 Å². The summed E-state index contributed by atoms with van der Waals surface area (Å²) in [5, 5.41) is 14.0. The third-order valence-corrected chi connectivity index (χ3v) is 1.89. The van der Waals surface area contributed by atoms with Gasteiger partial charge >= 0.3 is 18.9 Å². The van der Waals surface area contributed by atoms with Crippen molar-refractivity contribution >= 4 is 5.97 Å². The van der Waals surface area contributed by atoms with Crippen LogP contribution in [-0.4, -0.2) is 16.1 Å². The van der Waals surface area contributed by atoms with E-state index < -0.39 is 5.97 Å². The fraction of sp³-hybridized carbons (Fsp3) is 0.100. The van der Waals surface area contributed by atoms with Crippen LogP contribution in [0.4, 0.5) is 0 Å². The summed E-state index contributed by atoms with van der Waals surface area (Å²) < 4.78 is 4.57. The number of carbonyl (C=O) groups excluding carboxylic acids is 1. The molecule has 76 valence electrons. The van der Waals surface area contributed by atoms with Crippen molar-refractivity contribution in [1.29, 1.82) is 0 Å². The Balaban J connectivity index is 0.00000128. The van der Waals surface area contributed by atoms with Crippen molar-refractivity contribution in [1.82, 2.24) is 10.1 Å². The first kappa shape index (κ1) is 12.5. The zero-order valence-corrected chi connectivity index (χ0v) is 8.93. The van der Waals surface area contributed by atoms with Gasteiger partial charge in [-0.25, -0.2) is 0 Å². The second kappa shape index (κ2) is 4.97. The van der Waals surface area contributed by atoms with Gasteiger partial charge in [-0.15, -0.1) is 0 Å². The molecule has 16 heavy (non-hydrogen) atoms. The molecule has 0 aliphatic heterocycles. The third kappa shape index (κ3) is 2.51. The third-order valence-electron chi connectivity index (χ3n) is 1.89. The number of carbonyl (C=O) groups is 1. The van der Waals surface area contributed by atoms with Crippen molar-refractivity contribution in [2.45, 2.75) is 6.92 Å². The molecule has 0 aliphatic carbocycles. The van der Waals surface area contributed by atoms with Gasteiger partial charge in [-0.2, -0.15) is 0 Å². The van der Waals surface area contributed by atoms with Gasteiger partial charge in [0.2, 0.25) is 0 Å². The summed E-state index contributed by atoms with van der Waals surface area (Å²) in [5.41, 5.74) is 1.97. The minimum Gasteiger partial charge on any atom is -0.541 e. The van der Waals surface area contributed by atoms with E-state index in [1.54, 1.807) is 12.3 Å². The van der Waals surface area contributed by atoms with Crippen molar-refractivity contribution in [3.8, 4) is 11.4 Å². The van der Waals surface area contributed by atoms with E-state index in [1.165, 1.54) is 6.07 Å². The standard InChI is InChI=1S/C10H8N2O3.Li/c1-6-2-3-11-7(4-6)8-5-9(10(13)14)15-12-8;/h2-5H,1H3,(H,13,14);/q;+1/p-1. The molecule has 0 N–H and O–H groups in total. The van der Waals surface area contributed by atoms with Crippen LogP contribution in [0.15, 0.2) is 28.9 Å². The van der Waals surface area contributed by atoms with E-state index in [0.717, 1.165) is 5.56 Å². The van der Waals surface area contributed by atoms with Crippen LogP contribution in [0, 0.1) is 6.92 Å². The number of aromatic nitrogens is 2. The molecular weight excluding hydrogens is 203 g/mol. The maximum atomic E-state index is 10.4. The number of hydrogen-bond donors (Lipinski definition) is 0. The van der Waals surface area contributed by atoms with Crippen LogP contribution in [0.3, 0.4) is 0 Å². The summed E-state index contributed by atoms with van der Waals surface area (Å²) >= 11 is 0. The number of aryl methyl sites for hydroxylation is 1. The summed E-state index contributed by atoms with van der Waals surface area (Å²) in [4.78, 5) is 14.5. The van der Waals surface area contributed by atoms with Gasteiger partial charge in [-0.05, 0) is 24.6 Å².